The molecule has 0 amide bonds. The lowest BCUT2D eigenvalue weighted by atomic mass is 9.95. The number of aliphatic hydroxyl groups excluding tert-OH is 19. The molecule has 30 atom stereocenters. The fourth-order valence-electron chi connectivity index (χ4n) is 9.27. The first-order chi connectivity index (χ1) is 34.8. The van der Waals surface area contributed by atoms with Crippen LogP contribution in [0.3, 0.4) is 0 Å². The Labute approximate surface area is 415 Å². The SMILES string of the molecule is NCCCCCO[C@@H]1OC(CO)[C@@H](O[C@@H]2OC(CO)[C@@H](O[C@H]3OC(CO)[C@H](O[C@H]4OC(CO)[C@@H](O[C@@H]5OC(CO)[C@@H](O[C@@H]6OC(CO)[C@@H](O)C(O)C6O)C(O)C5O)C(O)C4O)C(O)C3O)C(O)C2O)C(O)C1O. The highest BCUT2D eigenvalue weighted by atomic mass is 16.8. The number of nitrogens with two attached hydrogens (primary N) is 1. The number of hydrogen-bond donors (Lipinski definition) is 20. The Morgan fingerprint density at radius 2 is 0.521 bits per heavy atom. The van der Waals surface area contributed by atoms with Gasteiger partial charge in [0.05, 0.1) is 39.6 Å². The highest BCUT2D eigenvalue weighted by Crippen LogP contribution is 2.37. The molecule has 21 N–H and O–H groups in total. The quantitative estimate of drug-likeness (QED) is 0.0448. The van der Waals surface area contributed by atoms with E-state index in [9.17, 15) is 97.0 Å². The van der Waals surface area contributed by atoms with E-state index in [2.05, 4.69) is 0 Å². The van der Waals surface area contributed by atoms with Crippen LogP contribution < -0.4 is 5.73 Å². The van der Waals surface area contributed by atoms with Crippen molar-refractivity contribution in [1.29, 1.82) is 0 Å². The zero-order valence-corrected chi connectivity index (χ0v) is 39.1. The van der Waals surface area contributed by atoms with E-state index in [1.807, 2.05) is 0 Å². The maximum absolute atomic E-state index is 11.3. The summed E-state index contributed by atoms with van der Waals surface area (Å²) in [4.78, 5) is 0. The van der Waals surface area contributed by atoms with Gasteiger partial charge in [-0.25, -0.2) is 0 Å². The topological polar surface area (TPSA) is 521 Å². The van der Waals surface area contributed by atoms with E-state index in [1.165, 1.54) is 0 Å². The molecule has 32 nitrogen and oxygen atoms in total. The number of hydrogen-bond acceptors (Lipinski definition) is 32. The second kappa shape index (κ2) is 27.5. The maximum Gasteiger partial charge on any atom is 0.187 e. The van der Waals surface area contributed by atoms with Crippen molar-refractivity contribution in [3.8, 4) is 0 Å². The van der Waals surface area contributed by atoms with Crippen LogP contribution in [0, 0.1) is 0 Å². The zero-order valence-electron chi connectivity index (χ0n) is 39.1. The van der Waals surface area contributed by atoms with Crippen LogP contribution in [0.5, 0.6) is 0 Å². The lowest BCUT2D eigenvalue weighted by Crippen LogP contribution is -2.68. The van der Waals surface area contributed by atoms with Crippen LogP contribution in [-0.2, 0) is 56.8 Å². The third-order valence-corrected chi connectivity index (χ3v) is 13.5. The van der Waals surface area contributed by atoms with Crippen molar-refractivity contribution in [3.63, 3.8) is 0 Å². The van der Waals surface area contributed by atoms with Gasteiger partial charge in [0.2, 0.25) is 0 Å². The monoisotopic (exact) mass is 1080 g/mol. The van der Waals surface area contributed by atoms with Crippen LogP contribution in [0.2, 0.25) is 0 Å². The number of rotatable bonds is 22. The van der Waals surface area contributed by atoms with E-state index in [0.717, 1.165) is 12.8 Å². The Kier molecular flexibility index (Phi) is 23.0. The van der Waals surface area contributed by atoms with Crippen molar-refractivity contribution >= 4 is 0 Å². The standard InChI is InChI=1S/C41H73NO31/c42-4-2-1-3-5-62-36-26(57)20(51)31(13(7-44)64-36)70-38-28(59)22(53)33(15(9-46)66-38)72-40-30(61)24(55)35(17(11-48)68-40)73-41-29(60)23(54)34(16(10-47)67-41)71-39-27(58)21(52)32(14(8-45)65-39)69-37-25(56)19(50)18(49)12(6-43)63-37/h12-41,43-61H,1-11,42H2/t12?,13?,14?,15?,16?,17?,18-,19?,20?,21?,22?,23?,24?,25?,26?,27?,28?,29?,30?,31-,32-,33-,34-,35+,36-,37+,38+,39+,40-,41-/m1/s1. The molecule has 0 aromatic heterocycles. The van der Waals surface area contributed by atoms with Gasteiger partial charge in [-0.15, -0.1) is 0 Å². The summed E-state index contributed by atoms with van der Waals surface area (Å²) in [6, 6.07) is 0. The minimum absolute atomic E-state index is 0.123. The van der Waals surface area contributed by atoms with Crippen molar-refractivity contribution in [3.05, 3.63) is 0 Å². The summed E-state index contributed by atoms with van der Waals surface area (Å²) in [6.45, 7) is -4.97. The van der Waals surface area contributed by atoms with E-state index >= 15 is 0 Å². The molecular formula is C41H73NO31. The van der Waals surface area contributed by atoms with Crippen molar-refractivity contribution < 1.29 is 154 Å². The molecule has 73 heavy (non-hydrogen) atoms. The molecule has 6 fully saturated rings. The van der Waals surface area contributed by atoms with Crippen LogP contribution in [0.15, 0.2) is 0 Å². The summed E-state index contributed by atoms with van der Waals surface area (Å²) in [7, 11) is 0. The minimum Gasteiger partial charge on any atom is -0.394 e. The largest absolute Gasteiger partial charge is 0.394 e. The molecule has 0 aliphatic carbocycles. The fourth-order valence-corrected chi connectivity index (χ4v) is 9.27. The molecule has 18 unspecified atom stereocenters. The predicted molar refractivity (Wildman–Crippen MR) is 226 cm³/mol. The van der Waals surface area contributed by atoms with E-state index in [4.69, 9.17) is 62.6 Å². The number of ether oxygens (including phenoxy) is 12. The highest BCUT2D eigenvalue weighted by Gasteiger charge is 2.57. The molecule has 428 valence electrons. The molecule has 0 spiro atoms. The van der Waals surface area contributed by atoms with Gasteiger partial charge >= 0.3 is 0 Å². The number of aliphatic hydroxyl groups is 19. The average molecular weight is 1080 g/mol. The Morgan fingerprint density at radius 3 is 0.795 bits per heavy atom. The summed E-state index contributed by atoms with van der Waals surface area (Å²) >= 11 is 0. The number of unbranched alkanes of at least 4 members (excludes halogenated alkanes) is 2. The Bertz CT molecular complexity index is 1610. The first-order valence-corrected chi connectivity index (χ1v) is 23.8. The summed E-state index contributed by atoms with van der Waals surface area (Å²) in [6.07, 6.45) is -53.3. The lowest BCUT2D eigenvalue weighted by molar-refractivity contribution is -0.396. The van der Waals surface area contributed by atoms with Crippen molar-refractivity contribution in [2.45, 2.75) is 203 Å². The highest BCUT2D eigenvalue weighted by molar-refractivity contribution is 5.00. The Morgan fingerprint density at radius 1 is 0.274 bits per heavy atom. The second-order valence-electron chi connectivity index (χ2n) is 18.5. The molecule has 0 saturated carbocycles. The lowest BCUT2D eigenvalue weighted by Gasteiger charge is -2.50. The normalized spacial score (nSPS) is 50.0. The van der Waals surface area contributed by atoms with Crippen molar-refractivity contribution in [2.75, 3.05) is 52.8 Å². The molecule has 6 aliphatic rings. The molecule has 0 bridgehead atoms. The van der Waals surface area contributed by atoms with Gasteiger partial charge in [-0.05, 0) is 25.8 Å². The molecule has 0 aromatic carbocycles. The van der Waals surface area contributed by atoms with E-state index < -0.39 is 224 Å². The van der Waals surface area contributed by atoms with Crippen LogP contribution in [-0.4, -0.2) is 334 Å². The maximum atomic E-state index is 11.3. The summed E-state index contributed by atoms with van der Waals surface area (Å²) in [5.41, 5.74) is 5.49. The molecule has 6 rings (SSSR count). The van der Waals surface area contributed by atoms with Crippen molar-refractivity contribution in [1.82, 2.24) is 0 Å². The average Bonchev–Trinajstić information content (AvgIpc) is 3.38. The van der Waals surface area contributed by atoms with Gasteiger partial charge in [0, 0.05) is 6.61 Å². The van der Waals surface area contributed by atoms with E-state index in [1.54, 1.807) is 0 Å². The molecule has 0 aromatic rings. The van der Waals surface area contributed by atoms with Gasteiger partial charge in [0.15, 0.2) is 37.7 Å². The summed E-state index contributed by atoms with van der Waals surface area (Å²) in [5.74, 6) is 0. The van der Waals surface area contributed by atoms with Gasteiger partial charge in [-0.2, -0.15) is 0 Å². The van der Waals surface area contributed by atoms with Gasteiger partial charge in [-0.1, -0.05) is 0 Å². The predicted octanol–water partition coefficient (Wildman–Crippen LogP) is -12.9. The third kappa shape index (κ3) is 13.4. The van der Waals surface area contributed by atoms with Crippen LogP contribution >= 0.6 is 0 Å². The van der Waals surface area contributed by atoms with Crippen LogP contribution in [0.25, 0.3) is 0 Å². The minimum atomic E-state index is -2.17. The summed E-state index contributed by atoms with van der Waals surface area (Å²) in [5, 5.41) is 202. The van der Waals surface area contributed by atoms with Crippen molar-refractivity contribution in [2.24, 2.45) is 5.73 Å². The molecule has 6 heterocycles. The second-order valence-corrected chi connectivity index (χ2v) is 18.5. The Balaban J connectivity index is 1.05. The smallest absolute Gasteiger partial charge is 0.187 e. The van der Waals surface area contributed by atoms with E-state index in [-0.39, 0.29) is 6.61 Å². The molecular weight excluding hydrogens is 1000 g/mol. The van der Waals surface area contributed by atoms with Gasteiger partial charge in [0.1, 0.15) is 146 Å². The Hall–Kier alpha value is -1.28. The van der Waals surface area contributed by atoms with Crippen LogP contribution in [0.1, 0.15) is 19.3 Å². The van der Waals surface area contributed by atoms with Gasteiger partial charge in [0.25, 0.3) is 0 Å². The van der Waals surface area contributed by atoms with Gasteiger partial charge in [-0.3, -0.25) is 0 Å². The zero-order chi connectivity index (χ0) is 53.6. The van der Waals surface area contributed by atoms with Gasteiger partial charge < -0.3 is 160 Å². The molecule has 6 saturated heterocycles. The molecule has 0 radical (unpaired) electrons. The summed E-state index contributed by atoms with van der Waals surface area (Å²) < 4.78 is 67.2. The van der Waals surface area contributed by atoms with Crippen LogP contribution in [0.4, 0.5) is 0 Å². The van der Waals surface area contributed by atoms with E-state index in [0.29, 0.717) is 13.0 Å². The first kappa shape index (κ1) is 60.9. The molecule has 32 heteroatoms. The fraction of sp³-hybridized carbons (Fsp3) is 1.00. The first-order valence-electron chi connectivity index (χ1n) is 23.8. The molecule has 6 aliphatic heterocycles. The third-order valence-electron chi connectivity index (χ3n) is 13.5.